The van der Waals surface area contributed by atoms with Crippen LogP contribution in [0.1, 0.15) is 43.8 Å². The molecular weight excluding hydrogens is 308 g/mol. The van der Waals surface area contributed by atoms with Crippen molar-refractivity contribution in [2.45, 2.75) is 51.6 Å². The molecule has 7 heteroatoms. The van der Waals surface area contributed by atoms with Crippen molar-refractivity contribution in [2.24, 2.45) is 0 Å². The van der Waals surface area contributed by atoms with E-state index >= 15 is 0 Å². The fraction of sp³-hybridized carbons (Fsp3) is 0.824. The summed E-state index contributed by atoms with van der Waals surface area (Å²) in [4.78, 5) is 21.0. The van der Waals surface area contributed by atoms with Crippen LogP contribution in [0.4, 0.5) is 0 Å². The number of hydrogen-bond acceptors (Lipinski definition) is 6. The van der Waals surface area contributed by atoms with Gasteiger partial charge in [0.1, 0.15) is 0 Å². The van der Waals surface area contributed by atoms with Gasteiger partial charge in [0.25, 0.3) is 0 Å². The molecule has 24 heavy (non-hydrogen) atoms. The van der Waals surface area contributed by atoms with Gasteiger partial charge in [-0.2, -0.15) is 4.98 Å². The van der Waals surface area contributed by atoms with E-state index in [9.17, 15) is 4.79 Å². The molecule has 2 saturated heterocycles. The minimum atomic E-state index is 0.241. The molecule has 3 heterocycles. The van der Waals surface area contributed by atoms with E-state index in [1.807, 2.05) is 4.90 Å². The van der Waals surface area contributed by atoms with Crippen molar-refractivity contribution in [3.05, 3.63) is 11.7 Å². The molecule has 0 radical (unpaired) electrons. The topological polar surface area (TPSA) is 71.7 Å². The summed E-state index contributed by atoms with van der Waals surface area (Å²) in [7, 11) is 0. The predicted octanol–water partition coefficient (Wildman–Crippen LogP) is 1.41. The number of rotatable bonds is 6. The fourth-order valence-electron chi connectivity index (χ4n) is 3.47. The van der Waals surface area contributed by atoms with Crippen LogP contribution in [0.25, 0.3) is 0 Å². The van der Waals surface area contributed by atoms with E-state index < -0.39 is 0 Å². The zero-order valence-electron chi connectivity index (χ0n) is 14.6. The van der Waals surface area contributed by atoms with E-state index in [1.165, 1.54) is 12.8 Å². The summed E-state index contributed by atoms with van der Waals surface area (Å²) in [5.41, 5.74) is 0. The number of nitrogens with zero attached hydrogens (tertiary/aromatic N) is 4. The normalized spacial score (nSPS) is 22.7. The molecule has 1 aromatic rings. The maximum atomic E-state index is 12.4. The van der Waals surface area contributed by atoms with Crippen LogP contribution in [0.3, 0.4) is 0 Å². The lowest BCUT2D eigenvalue weighted by atomic mass is 10.2. The Morgan fingerprint density at radius 1 is 1.25 bits per heavy atom. The second-order valence-electron chi connectivity index (χ2n) is 6.76. The van der Waals surface area contributed by atoms with E-state index in [2.05, 4.69) is 15.0 Å². The quantitative estimate of drug-likeness (QED) is 0.782. The van der Waals surface area contributed by atoms with Crippen LogP contribution in [-0.4, -0.2) is 71.3 Å². The van der Waals surface area contributed by atoms with E-state index in [0.717, 1.165) is 52.2 Å². The molecule has 2 aliphatic rings. The van der Waals surface area contributed by atoms with Gasteiger partial charge in [-0.25, -0.2) is 0 Å². The van der Waals surface area contributed by atoms with Crippen LogP contribution in [0.2, 0.25) is 0 Å². The highest BCUT2D eigenvalue weighted by molar-refractivity contribution is 5.76. The smallest absolute Gasteiger partial charge is 0.226 e. The molecule has 2 fully saturated rings. The molecule has 0 aliphatic carbocycles. The number of amides is 1. The van der Waals surface area contributed by atoms with Crippen molar-refractivity contribution in [1.29, 1.82) is 0 Å². The Morgan fingerprint density at radius 3 is 2.92 bits per heavy atom. The minimum Gasteiger partial charge on any atom is -0.377 e. The largest absolute Gasteiger partial charge is 0.377 e. The molecule has 3 rings (SSSR count). The van der Waals surface area contributed by atoms with E-state index in [4.69, 9.17) is 9.26 Å². The van der Waals surface area contributed by atoms with Gasteiger partial charge in [-0.3, -0.25) is 9.69 Å². The summed E-state index contributed by atoms with van der Waals surface area (Å²) >= 11 is 0. The minimum absolute atomic E-state index is 0.241. The highest BCUT2D eigenvalue weighted by atomic mass is 16.5. The van der Waals surface area contributed by atoms with E-state index in [0.29, 0.717) is 30.7 Å². The van der Waals surface area contributed by atoms with Crippen molar-refractivity contribution in [2.75, 3.05) is 39.3 Å². The highest BCUT2D eigenvalue weighted by Crippen LogP contribution is 2.15. The molecule has 1 aromatic heterocycles. The molecule has 0 saturated carbocycles. The summed E-state index contributed by atoms with van der Waals surface area (Å²) in [6.45, 7) is 7.42. The molecule has 134 valence electrons. The molecule has 0 bridgehead atoms. The standard InChI is InChI=1S/C17H28N4O3/c1-14-18-16(24-19-14)6-2-7-17(22)21-9-4-8-20(10-11-21)13-15-5-3-12-23-15/h15H,2-13H2,1H3. The summed E-state index contributed by atoms with van der Waals surface area (Å²) in [5, 5.41) is 3.77. The van der Waals surface area contributed by atoms with Crippen molar-refractivity contribution in [3.8, 4) is 0 Å². The molecule has 2 aliphatic heterocycles. The Balaban J connectivity index is 1.37. The van der Waals surface area contributed by atoms with Crippen LogP contribution in [-0.2, 0) is 16.0 Å². The van der Waals surface area contributed by atoms with Gasteiger partial charge in [0.05, 0.1) is 6.10 Å². The van der Waals surface area contributed by atoms with Gasteiger partial charge in [-0.1, -0.05) is 5.16 Å². The van der Waals surface area contributed by atoms with Gasteiger partial charge < -0.3 is 14.2 Å². The van der Waals surface area contributed by atoms with Gasteiger partial charge >= 0.3 is 0 Å². The van der Waals surface area contributed by atoms with Gasteiger partial charge in [0, 0.05) is 45.6 Å². The van der Waals surface area contributed by atoms with E-state index in [-0.39, 0.29) is 5.91 Å². The van der Waals surface area contributed by atoms with Crippen LogP contribution in [0.15, 0.2) is 4.52 Å². The van der Waals surface area contributed by atoms with Crippen molar-refractivity contribution < 1.29 is 14.1 Å². The number of carbonyl (C=O) groups excluding carboxylic acids is 1. The molecule has 0 aromatic carbocycles. The Hall–Kier alpha value is -1.47. The lowest BCUT2D eigenvalue weighted by Crippen LogP contribution is -2.37. The van der Waals surface area contributed by atoms with Crippen molar-refractivity contribution >= 4 is 5.91 Å². The monoisotopic (exact) mass is 336 g/mol. The van der Waals surface area contributed by atoms with Crippen LogP contribution in [0, 0.1) is 6.92 Å². The lowest BCUT2D eigenvalue weighted by Gasteiger charge is -2.24. The van der Waals surface area contributed by atoms with Gasteiger partial charge in [-0.05, 0) is 39.2 Å². The Kier molecular flexibility index (Phi) is 6.20. The molecule has 1 unspecified atom stereocenters. The van der Waals surface area contributed by atoms with Crippen molar-refractivity contribution in [1.82, 2.24) is 19.9 Å². The maximum Gasteiger partial charge on any atom is 0.226 e. The number of ether oxygens (including phenoxy) is 1. The molecule has 0 N–H and O–H groups in total. The van der Waals surface area contributed by atoms with Gasteiger partial charge in [0.15, 0.2) is 5.82 Å². The van der Waals surface area contributed by atoms with E-state index in [1.54, 1.807) is 6.92 Å². The summed E-state index contributed by atoms with van der Waals surface area (Å²) in [6, 6.07) is 0. The average molecular weight is 336 g/mol. The zero-order chi connectivity index (χ0) is 16.8. The molecule has 1 amide bonds. The Bertz CT molecular complexity index is 528. The van der Waals surface area contributed by atoms with Crippen molar-refractivity contribution in [3.63, 3.8) is 0 Å². The number of aryl methyl sites for hydroxylation is 2. The second-order valence-corrected chi connectivity index (χ2v) is 6.76. The molecule has 1 atom stereocenters. The molecule has 7 nitrogen and oxygen atoms in total. The Morgan fingerprint density at radius 2 is 2.17 bits per heavy atom. The second kappa shape index (κ2) is 8.58. The third-order valence-electron chi connectivity index (χ3n) is 4.78. The first-order chi connectivity index (χ1) is 11.7. The molecule has 0 spiro atoms. The maximum absolute atomic E-state index is 12.4. The fourth-order valence-corrected chi connectivity index (χ4v) is 3.47. The third kappa shape index (κ3) is 5.01. The number of aromatic nitrogens is 2. The zero-order valence-corrected chi connectivity index (χ0v) is 14.6. The van der Waals surface area contributed by atoms with Crippen LogP contribution >= 0.6 is 0 Å². The third-order valence-corrected chi connectivity index (χ3v) is 4.78. The van der Waals surface area contributed by atoms with Crippen LogP contribution < -0.4 is 0 Å². The van der Waals surface area contributed by atoms with Gasteiger partial charge in [0.2, 0.25) is 11.8 Å². The summed E-state index contributed by atoms with van der Waals surface area (Å²) in [5.74, 6) is 1.51. The number of carbonyl (C=O) groups is 1. The summed E-state index contributed by atoms with van der Waals surface area (Å²) < 4.78 is 10.8. The average Bonchev–Trinajstić information content (AvgIpc) is 3.15. The lowest BCUT2D eigenvalue weighted by molar-refractivity contribution is -0.131. The number of hydrogen-bond donors (Lipinski definition) is 0. The SMILES string of the molecule is Cc1noc(CCCC(=O)N2CCCN(CC3CCCO3)CC2)n1. The van der Waals surface area contributed by atoms with Crippen LogP contribution in [0.5, 0.6) is 0 Å². The van der Waals surface area contributed by atoms with Gasteiger partial charge in [-0.15, -0.1) is 0 Å². The molecular formula is C17H28N4O3. The highest BCUT2D eigenvalue weighted by Gasteiger charge is 2.23. The first-order valence-corrected chi connectivity index (χ1v) is 9.11. The predicted molar refractivity (Wildman–Crippen MR) is 88.6 cm³/mol. The first kappa shape index (κ1) is 17.4. The first-order valence-electron chi connectivity index (χ1n) is 9.11. The Labute approximate surface area is 143 Å². The summed E-state index contributed by atoms with van der Waals surface area (Å²) in [6.07, 6.45) is 5.78.